The molecule has 0 fully saturated rings. The number of thiocarbonyl (C=S) groups is 1. The van der Waals surface area contributed by atoms with Gasteiger partial charge in [-0.1, -0.05) is 23.4 Å². The molecule has 19 heavy (non-hydrogen) atoms. The minimum atomic E-state index is 0.569. The average Bonchev–Trinajstić information content (AvgIpc) is 2.43. The van der Waals surface area contributed by atoms with E-state index >= 15 is 0 Å². The van der Waals surface area contributed by atoms with Crippen LogP contribution < -0.4 is 10.6 Å². The standard InChI is InChI=1S/C13H12ClN3S2/c1-15-13(18)17-10-4-7-12(16-8-10)19-11-5-2-9(14)3-6-11/h2-8H,1H3,(H2,15,17,18). The minimum Gasteiger partial charge on any atom is -0.366 e. The number of hydrogen-bond donors (Lipinski definition) is 2. The Morgan fingerprint density at radius 3 is 2.53 bits per heavy atom. The molecule has 6 heteroatoms. The zero-order valence-corrected chi connectivity index (χ0v) is 12.6. The fraction of sp³-hybridized carbons (Fsp3) is 0.0769. The van der Waals surface area contributed by atoms with Crippen molar-refractivity contribution in [3.63, 3.8) is 0 Å². The molecule has 2 N–H and O–H groups in total. The molecule has 2 aromatic rings. The number of benzene rings is 1. The molecule has 98 valence electrons. The van der Waals surface area contributed by atoms with Crippen LogP contribution in [0.15, 0.2) is 52.5 Å². The summed E-state index contributed by atoms with van der Waals surface area (Å²) < 4.78 is 0. The highest BCUT2D eigenvalue weighted by Gasteiger charge is 2.00. The van der Waals surface area contributed by atoms with E-state index in [0.717, 1.165) is 20.6 Å². The highest BCUT2D eigenvalue weighted by atomic mass is 35.5. The molecule has 0 aliphatic rings. The van der Waals surface area contributed by atoms with Crippen LogP contribution in [0.5, 0.6) is 0 Å². The summed E-state index contributed by atoms with van der Waals surface area (Å²) in [6, 6.07) is 11.6. The quantitative estimate of drug-likeness (QED) is 0.843. The zero-order valence-electron chi connectivity index (χ0n) is 10.2. The van der Waals surface area contributed by atoms with Crippen LogP contribution in [0, 0.1) is 0 Å². The van der Waals surface area contributed by atoms with E-state index in [9.17, 15) is 0 Å². The van der Waals surface area contributed by atoms with E-state index in [1.54, 1.807) is 25.0 Å². The van der Waals surface area contributed by atoms with Gasteiger partial charge in [0.15, 0.2) is 5.11 Å². The summed E-state index contributed by atoms with van der Waals surface area (Å²) in [5.74, 6) is 0. The van der Waals surface area contributed by atoms with Crippen molar-refractivity contribution in [1.82, 2.24) is 10.3 Å². The molecule has 0 radical (unpaired) electrons. The molecule has 0 bridgehead atoms. The lowest BCUT2D eigenvalue weighted by Gasteiger charge is -2.07. The van der Waals surface area contributed by atoms with Crippen molar-refractivity contribution in [2.75, 3.05) is 12.4 Å². The molecule has 0 saturated carbocycles. The van der Waals surface area contributed by atoms with Gasteiger partial charge in [0.25, 0.3) is 0 Å². The van der Waals surface area contributed by atoms with Crippen molar-refractivity contribution in [1.29, 1.82) is 0 Å². The van der Waals surface area contributed by atoms with Gasteiger partial charge in [-0.3, -0.25) is 0 Å². The molecule has 0 saturated heterocycles. The molecular formula is C13H12ClN3S2. The molecule has 0 aliphatic heterocycles. The summed E-state index contributed by atoms with van der Waals surface area (Å²) >= 11 is 12.4. The van der Waals surface area contributed by atoms with E-state index in [1.165, 1.54) is 0 Å². The van der Waals surface area contributed by atoms with Crippen LogP contribution in [0.1, 0.15) is 0 Å². The predicted molar refractivity (Wildman–Crippen MR) is 85.1 cm³/mol. The fourth-order valence-electron chi connectivity index (χ4n) is 1.33. The molecule has 3 nitrogen and oxygen atoms in total. The van der Waals surface area contributed by atoms with Crippen LogP contribution >= 0.6 is 35.6 Å². The molecule has 0 aliphatic carbocycles. The third kappa shape index (κ3) is 4.38. The smallest absolute Gasteiger partial charge is 0.170 e. The van der Waals surface area contributed by atoms with Gasteiger partial charge in [0.1, 0.15) is 5.03 Å². The van der Waals surface area contributed by atoms with Gasteiger partial charge in [0.05, 0.1) is 11.9 Å². The summed E-state index contributed by atoms with van der Waals surface area (Å²) in [6.45, 7) is 0. The summed E-state index contributed by atoms with van der Waals surface area (Å²) in [5.41, 5.74) is 0.861. The van der Waals surface area contributed by atoms with Crippen molar-refractivity contribution in [3.05, 3.63) is 47.6 Å². The lowest BCUT2D eigenvalue weighted by atomic mass is 10.4. The van der Waals surface area contributed by atoms with Gasteiger partial charge in [-0.15, -0.1) is 0 Å². The molecule has 1 aromatic heterocycles. The van der Waals surface area contributed by atoms with E-state index in [4.69, 9.17) is 23.8 Å². The van der Waals surface area contributed by atoms with Gasteiger partial charge in [-0.25, -0.2) is 4.98 Å². The number of pyridine rings is 1. The van der Waals surface area contributed by atoms with Gasteiger partial charge in [0.2, 0.25) is 0 Å². The predicted octanol–water partition coefficient (Wildman–Crippen LogP) is 3.80. The van der Waals surface area contributed by atoms with Gasteiger partial charge in [0, 0.05) is 17.0 Å². The van der Waals surface area contributed by atoms with Crippen LogP contribution in [0.4, 0.5) is 5.69 Å². The second-order valence-electron chi connectivity index (χ2n) is 3.65. The monoisotopic (exact) mass is 309 g/mol. The first kappa shape index (κ1) is 14.1. The van der Waals surface area contributed by atoms with E-state index in [0.29, 0.717) is 5.11 Å². The number of aromatic nitrogens is 1. The maximum absolute atomic E-state index is 5.85. The number of hydrogen-bond acceptors (Lipinski definition) is 3. The Kier molecular flexibility index (Phi) is 5.01. The normalized spacial score (nSPS) is 10.0. The van der Waals surface area contributed by atoms with Crippen LogP contribution in [-0.4, -0.2) is 17.1 Å². The summed E-state index contributed by atoms with van der Waals surface area (Å²) in [7, 11) is 1.77. The van der Waals surface area contributed by atoms with Crippen molar-refractivity contribution >= 4 is 46.4 Å². The zero-order chi connectivity index (χ0) is 13.7. The maximum Gasteiger partial charge on any atom is 0.170 e. The number of nitrogens with zero attached hydrogens (tertiary/aromatic N) is 1. The Hall–Kier alpha value is -1.30. The highest BCUT2D eigenvalue weighted by molar-refractivity contribution is 7.99. The Balaban J connectivity index is 2.02. The number of halogens is 1. The molecule has 2 rings (SSSR count). The third-order valence-electron chi connectivity index (χ3n) is 2.26. The summed E-state index contributed by atoms with van der Waals surface area (Å²) in [4.78, 5) is 5.46. The first-order valence-electron chi connectivity index (χ1n) is 5.55. The van der Waals surface area contributed by atoms with Crippen molar-refractivity contribution in [2.24, 2.45) is 0 Å². The lowest BCUT2D eigenvalue weighted by Crippen LogP contribution is -2.24. The largest absolute Gasteiger partial charge is 0.366 e. The number of nitrogens with one attached hydrogen (secondary N) is 2. The molecule has 0 amide bonds. The van der Waals surface area contributed by atoms with Gasteiger partial charge in [-0.2, -0.15) is 0 Å². The molecule has 0 atom stereocenters. The SMILES string of the molecule is CNC(=S)Nc1ccc(Sc2ccc(Cl)cc2)nc1. The fourth-order valence-corrected chi connectivity index (χ4v) is 2.33. The minimum absolute atomic E-state index is 0.569. The molecular weight excluding hydrogens is 298 g/mol. The van der Waals surface area contributed by atoms with E-state index in [-0.39, 0.29) is 0 Å². The van der Waals surface area contributed by atoms with Crippen LogP contribution in [0.3, 0.4) is 0 Å². The molecule has 0 spiro atoms. The Bertz CT molecular complexity index is 555. The Morgan fingerprint density at radius 2 is 1.95 bits per heavy atom. The van der Waals surface area contributed by atoms with E-state index in [2.05, 4.69) is 15.6 Å². The van der Waals surface area contributed by atoms with Crippen LogP contribution in [-0.2, 0) is 0 Å². The average molecular weight is 310 g/mol. The first-order chi connectivity index (χ1) is 9.17. The van der Waals surface area contributed by atoms with Crippen molar-refractivity contribution < 1.29 is 0 Å². The Labute approximate surface area is 126 Å². The maximum atomic E-state index is 5.85. The number of rotatable bonds is 3. The van der Waals surface area contributed by atoms with Crippen LogP contribution in [0.25, 0.3) is 0 Å². The topological polar surface area (TPSA) is 37.0 Å². The van der Waals surface area contributed by atoms with Crippen molar-refractivity contribution in [3.8, 4) is 0 Å². The summed E-state index contributed by atoms with van der Waals surface area (Å²) in [6.07, 6.45) is 1.75. The molecule has 1 aromatic carbocycles. The lowest BCUT2D eigenvalue weighted by molar-refractivity contribution is 1.13. The Morgan fingerprint density at radius 1 is 1.21 bits per heavy atom. The van der Waals surface area contributed by atoms with Crippen molar-refractivity contribution in [2.45, 2.75) is 9.92 Å². The summed E-state index contributed by atoms with van der Waals surface area (Å²) in [5, 5.41) is 8.09. The van der Waals surface area contributed by atoms with Gasteiger partial charge in [-0.05, 0) is 48.6 Å². The van der Waals surface area contributed by atoms with E-state index in [1.807, 2.05) is 36.4 Å². The van der Waals surface area contributed by atoms with Crippen LogP contribution in [0.2, 0.25) is 5.02 Å². The van der Waals surface area contributed by atoms with Gasteiger partial charge < -0.3 is 10.6 Å². The van der Waals surface area contributed by atoms with E-state index < -0.39 is 0 Å². The molecule has 0 unspecified atom stereocenters. The second kappa shape index (κ2) is 6.75. The first-order valence-corrected chi connectivity index (χ1v) is 7.16. The number of anilines is 1. The van der Waals surface area contributed by atoms with Gasteiger partial charge >= 0.3 is 0 Å². The highest BCUT2D eigenvalue weighted by Crippen LogP contribution is 2.27. The molecule has 1 heterocycles. The second-order valence-corrected chi connectivity index (χ2v) is 5.58. The third-order valence-corrected chi connectivity index (χ3v) is 3.77.